The number of allylic oxidation sites excluding steroid dienone is 5. The van der Waals surface area contributed by atoms with Crippen LogP contribution in [0.3, 0.4) is 0 Å². The van der Waals surface area contributed by atoms with Gasteiger partial charge in [-0.15, -0.1) is 6.58 Å². The number of carbonyl (C=O) groups is 2. The highest BCUT2D eigenvalue weighted by Crippen LogP contribution is 2.41. The summed E-state index contributed by atoms with van der Waals surface area (Å²) in [6.45, 7) is 9.45. The first-order chi connectivity index (χ1) is 8.35. The number of carbonyl (C=O) groups excluding carboxylic acids is 2. The van der Waals surface area contributed by atoms with Crippen LogP contribution in [0.1, 0.15) is 27.2 Å². The fraction of sp³-hybridized carbons (Fsp3) is 0.467. The van der Waals surface area contributed by atoms with Gasteiger partial charge in [-0.05, 0) is 39.3 Å². The van der Waals surface area contributed by atoms with E-state index in [1.54, 1.807) is 13.0 Å². The molecule has 0 aromatic rings. The summed E-state index contributed by atoms with van der Waals surface area (Å²) in [4.78, 5) is 23.6. The smallest absolute Gasteiger partial charge is 0.182 e. The Bertz CT molecular complexity index is 480. The van der Waals surface area contributed by atoms with Crippen molar-refractivity contribution in [3.63, 3.8) is 0 Å². The summed E-state index contributed by atoms with van der Waals surface area (Å²) in [5.41, 5.74) is 0.913. The molecule has 0 radical (unpaired) electrons. The zero-order valence-electron chi connectivity index (χ0n) is 11.0. The maximum atomic E-state index is 11.9. The summed E-state index contributed by atoms with van der Waals surface area (Å²) < 4.78 is 5.52. The number of hydrogen-bond donors (Lipinski definition) is 0. The van der Waals surface area contributed by atoms with E-state index in [1.807, 2.05) is 13.8 Å². The van der Waals surface area contributed by atoms with E-state index >= 15 is 0 Å². The van der Waals surface area contributed by atoms with Crippen molar-refractivity contribution >= 4 is 11.6 Å². The molecule has 1 heterocycles. The molecule has 0 unspecified atom stereocenters. The highest BCUT2D eigenvalue weighted by atomic mass is 16.6. The summed E-state index contributed by atoms with van der Waals surface area (Å²) in [5, 5.41) is 0. The van der Waals surface area contributed by atoms with E-state index in [0.29, 0.717) is 17.6 Å². The Morgan fingerprint density at radius 3 is 2.50 bits per heavy atom. The van der Waals surface area contributed by atoms with E-state index in [-0.39, 0.29) is 29.2 Å². The molecule has 2 aliphatic rings. The van der Waals surface area contributed by atoms with Crippen molar-refractivity contribution in [2.24, 2.45) is 5.92 Å². The Kier molecular flexibility index (Phi) is 3.11. The average Bonchev–Trinajstić information content (AvgIpc) is 2.88. The van der Waals surface area contributed by atoms with Gasteiger partial charge < -0.3 is 4.74 Å². The number of hydrogen-bond acceptors (Lipinski definition) is 3. The van der Waals surface area contributed by atoms with Gasteiger partial charge in [0.25, 0.3) is 0 Å². The normalized spacial score (nSPS) is 27.4. The molecule has 0 bridgehead atoms. The van der Waals surface area contributed by atoms with Gasteiger partial charge in [0.05, 0.1) is 11.7 Å². The molecule has 2 atom stereocenters. The molecule has 0 N–H and O–H groups in total. The second-order valence-electron chi connectivity index (χ2n) is 5.44. The number of rotatable bonds is 4. The summed E-state index contributed by atoms with van der Waals surface area (Å²) in [6.07, 6.45) is 5.42. The minimum atomic E-state index is -0.116. The average molecular weight is 246 g/mol. The van der Waals surface area contributed by atoms with Crippen LogP contribution in [-0.4, -0.2) is 23.3 Å². The van der Waals surface area contributed by atoms with Crippen LogP contribution >= 0.6 is 0 Å². The molecule has 1 aliphatic heterocycles. The molecular formula is C15H18O3. The molecule has 1 fully saturated rings. The Balaban J connectivity index is 2.14. The van der Waals surface area contributed by atoms with Crippen molar-refractivity contribution in [2.45, 2.75) is 38.9 Å². The van der Waals surface area contributed by atoms with Gasteiger partial charge in [0.2, 0.25) is 0 Å². The van der Waals surface area contributed by atoms with Crippen LogP contribution < -0.4 is 0 Å². The van der Waals surface area contributed by atoms with Crippen molar-refractivity contribution in [1.29, 1.82) is 0 Å². The van der Waals surface area contributed by atoms with Crippen molar-refractivity contribution in [3.05, 3.63) is 36.0 Å². The summed E-state index contributed by atoms with van der Waals surface area (Å²) in [6, 6.07) is 0. The zero-order chi connectivity index (χ0) is 13.5. The zero-order valence-corrected chi connectivity index (χ0v) is 11.0. The molecule has 18 heavy (non-hydrogen) atoms. The SMILES string of the molecule is C=C[C@@H](C[C@@H]1OC1(C)C)C1=CC(=O)C(C)=CC1=O. The van der Waals surface area contributed by atoms with Crippen molar-refractivity contribution < 1.29 is 14.3 Å². The fourth-order valence-corrected chi connectivity index (χ4v) is 2.21. The van der Waals surface area contributed by atoms with E-state index in [2.05, 4.69) is 6.58 Å². The first-order valence-electron chi connectivity index (χ1n) is 6.14. The number of ketones is 2. The molecular weight excluding hydrogens is 228 g/mol. The van der Waals surface area contributed by atoms with E-state index in [0.717, 1.165) is 0 Å². The number of epoxide rings is 1. The quantitative estimate of drug-likeness (QED) is 0.434. The maximum Gasteiger partial charge on any atom is 0.182 e. The first-order valence-corrected chi connectivity index (χ1v) is 6.14. The van der Waals surface area contributed by atoms with Crippen LogP contribution in [-0.2, 0) is 14.3 Å². The standard InChI is InChI=1S/C15H18O3/c1-5-10(7-14-15(3,4)18-14)11-8-12(16)9(2)6-13(11)17/h5-6,8,10,14H,1,7H2,2-4H3/t10-,14-/m0/s1. The largest absolute Gasteiger partial charge is 0.367 e. The Morgan fingerprint density at radius 1 is 1.39 bits per heavy atom. The summed E-state index contributed by atoms with van der Waals surface area (Å²) in [7, 11) is 0. The minimum Gasteiger partial charge on any atom is -0.367 e. The topological polar surface area (TPSA) is 46.7 Å². The summed E-state index contributed by atoms with van der Waals surface area (Å²) in [5.74, 6) is -0.291. The molecule has 3 heteroatoms. The molecule has 1 aliphatic carbocycles. The van der Waals surface area contributed by atoms with E-state index in [9.17, 15) is 9.59 Å². The van der Waals surface area contributed by atoms with Gasteiger partial charge in [0.15, 0.2) is 11.6 Å². The molecule has 0 saturated carbocycles. The minimum absolute atomic E-state index is 0.0875. The first kappa shape index (κ1) is 13.0. The Hall–Kier alpha value is -1.48. The van der Waals surface area contributed by atoms with Crippen LogP contribution in [0.5, 0.6) is 0 Å². The van der Waals surface area contributed by atoms with Crippen molar-refractivity contribution in [2.75, 3.05) is 0 Å². The molecule has 0 aromatic heterocycles. The molecule has 0 amide bonds. The highest BCUT2D eigenvalue weighted by Gasteiger charge is 2.48. The van der Waals surface area contributed by atoms with Crippen LogP contribution in [0.15, 0.2) is 36.0 Å². The van der Waals surface area contributed by atoms with Gasteiger partial charge >= 0.3 is 0 Å². The van der Waals surface area contributed by atoms with Crippen LogP contribution in [0.2, 0.25) is 0 Å². The predicted molar refractivity (Wildman–Crippen MR) is 69.1 cm³/mol. The second kappa shape index (κ2) is 4.32. The molecule has 0 aromatic carbocycles. The number of ether oxygens (including phenoxy) is 1. The molecule has 0 spiro atoms. The predicted octanol–water partition coefficient (Wildman–Crippen LogP) is 2.38. The van der Waals surface area contributed by atoms with Gasteiger partial charge in [-0.2, -0.15) is 0 Å². The van der Waals surface area contributed by atoms with Gasteiger partial charge in [-0.25, -0.2) is 0 Å². The fourth-order valence-electron chi connectivity index (χ4n) is 2.21. The summed E-state index contributed by atoms with van der Waals surface area (Å²) >= 11 is 0. The second-order valence-corrected chi connectivity index (χ2v) is 5.44. The van der Waals surface area contributed by atoms with Crippen LogP contribution in [0.4, 0.5) is 0 Å². The third-order valence-electron chi connectivity index (χ3n) is 3.62. The van der Waals surface area contributed by atoms with Gasteiger partial charge in [-0.1, -0.05) is 6.08 Å². The lowest BCUT2D eigenvalue weighted by Crippen LogP contribution is -2.19. The monoisotopic (exact) mass is 246 g/mol. The highest BCUT2D eigenvalue weighted by molar-refractivity contribution is 6.20. The molecule has 96 valence electrons. The van der Waals surface area contributed by atoms with Crippen molar-refractivity contribution in [1.82, 2.24) is 0 Å². The third kappa shape index (κ3) is 2.36. The Labute approximate surface area is 107 Å². The van der Waals surface area contributed by atoms with Crippen LogP contribution in [0.25, 0.3) is 0 Å². The van der Waals surface area contributed by atoms with E-state index in [4.69, 9.17) is 4.74 Å². The third-order valence-corrected chi connectivity index (χ3v) is 3.62. The van der Waals surface area contributed by atoms with Crippen molar-refractivity contribution in [3.8, 4) is 0 Å². The van der Waals surface area contributed by atoms with E-state index < -0.39 is 0 Å². The lowest BCUT2D eigenvalue weighted by atomic mass is 9.85. The molecule has 3 nitrogen and oxygen atoms in total. The van der Waals surface area contributed by atoms with Gasteiger partial charge in [-0.3, -0.25) is 9.59 Å². The van der Waals surface area contributed by atoms with Gasteiger partial charge in [0, 0.05) is 17.1 Å². The molecule has 1 saturated heterocycles. The molecule has 2 rings (SSSR count). The lowest BCUT2D eigenvalue weighted by molar-refractivity contribution is -0.115. The van der Waals surface area contributed by atoms with Gasteiger partial charge in [0.1, 0.15) is 0 Å². The Morgan fingerprint density at radius 2 is 2.00 bits per heavy atom. The van der Waals surface area contributed by atoms with Crippen LogP contribution in [0, 0.1) is 5.92 Å². The maximum absolute atomic E-state index is 11.9. The lowest BCUT2D eigenvalue weighted by Gasteiger charge is -2.17. The van der Waals surface area contributed by atoms with E-state index in [1.165, 1.54) is 12.2 Å².